The van der Waals surface area contributed by atoms with Crippen LogP contribution >= 0.6 is 27.5 Å². The van der Waals surface area contributed by atoms with Crippen LogP contribution in [0.25, 0.3) is 10.9 Å². The summed E-state index contributed by atoms with van der Waals surface area (Å²) in [6.45, 7) is 7.44. The average molecular weight is 474 g/mol. The number of fused-ring (bicyclic) bond motifs is 1. The van der Waals surface area contributed by atoms with Gasteiger partial charge in [-0.25, -0.2) is 14.8 Å². The van der Waals surface area contributed by atoms with Gasteiger partial charge < -0.3 is 24.8 Å². The van der Waals surface area contributed by atoms with Crippen LogP contribution in [-0.2, 0) is 4.74 Å². The zero-order valence-electron chi connectivity index (χ0n) is 15.8. The molecular weight excluding hydrogens is 452 g/mol. The Kier molecular flexibility index (Phi) is 6.16. The summed E-state index contributed by atoms with van der Waals surface area (Å²) in [4.78, 5) is 21.9. The van der Waals surface area contributed by atoms with Crippen LogP contribution in [0.15, 0.2) is 16.9 Å². The van der Waals surface area contributed by atoms with E-state index in [1.165, 1.54) is 6.33 Å². The molecule has 1 atom stereocenters. The van der Waals surface area contributed by atoms with Crippen LogP contribution < -0.4 is 10.1 Å². The van der Waals surface area contributed by atoms with Gasteiger partial charge in [-0.3, -0.25) is 0 Å². The van der Waals surface area contributed by atoms with Crippen molar-refractivity contribution in [3.63, 3.8) is 0 Å². The van der Waals surface area contributed by atoms with Crippen molar-refractivity contribution in [2.45, 2.75) is 32.4 Å². The number of rotatable bonds is 3. The minimum Gasteiger partial charge on any atom is -0.493 e. The van der Waals surface area contributed by atoms with Crippen LogP contribution in [-0.4, -0.2) is 64.0 Å². The lowest BCUT2D eigenvalue weighted by molar-refractivity contribution is 0.0178. The maximum absolute atomic E-state index is 12.3. The molecule has 1 amide bonds. The second-order valence-corrected chi connectivity index (χ2v) is 8.71. The minimum atomic E-state index is -0.542. The first-order valence-electron chi connectivity index (χ1n) is 8.81. The Morgan fingerprint density at radius 3 is 2.93 bits per heavy atom. The number of nitrogens with one attached hydrogen (secondary N) is 1. The normalized spacial score (nSPS) is 17.6. The Morgan fingerprint density at radius 2 is 2.21 bits per heavy atom. The van der Waals surface area contributed by atoms with E-state index < -0.39 is 5.60 Å². The van der Waals surface area contributed by atoms with Crippen molar-refractivity contribution in [2.24, 2.45) is 0 Å². The fourth-order valence-electron chi connectivity index (χ4n) is 2.87. The van der Waals surface area contributed by atoms with Gasteiger partial charge in [-0.05, 0) is 42.8 Å². The molecule has 2 heterocycles. The number of halogens is 2. The molecule has 1 saturated heterocycles. The molecule has 0 saturated carbocycles. The largest absolute Gasteiger partial charge is 0.493 e. The van der Waals surface area contributed by atoms with Crippen molar-refractivity contribution in [3.8, 4) is 11.6 Å². The Balaban J connectivity index is 1.72. The van der Waals surface area contributed by atoms with Crippen molar-refractivity contribution in [1.29, 1.82) is 0 Å². The molecule has 0 aliphatic carbocycles. The molecule has 3 rings (SSSR count). The summed E-state index contributed by atoms with van der Waals surface area (Å²) in [6.07, 6.45) is 0.894. The molecule has 28 heavy (non-hydrogen) atoms. The zero-order chi connectivity index (χ0) is 20.5. The van der Waals surface area contributed by atoms with Crippen molar-refractivity contribution in [2.75, 3.05) is 26.2 Å². The molecule has 2 N–H and O–H groups in total. The predicted molar refractivity (Wildman–Crippen MR) is 109 cm³/mol. The molecule has 0 radical (unpaired) electrons. The number of amides is 1. The van der Waals surface area contributed by atoms with E-state index in [9.17, 15) is 9.90 Å². The number of carbonyl (C=O) groups excluding carboxylic acids is 1. The standard InChI is InChI=1S/C18H22BrClN4O4/c1-18(2,3)28-17(26)24-5-4-21-10(7-24)8-27-12-6-11(19)14(20)15-13(12)16(25)23-9-22-15/h6,9-10,21H,4-5,7-8H2,1-3H3,(H,22,23,25)/t10-/m0/s1. The summed E-state index contributed by atoms with van der Waals surface area (Å²) in [6, 6.07) is 1.57. The first-order valence-corrected chi connectivity index (χ1v) is 9.98. The molecule has 8 nitrogen and oxygen atoms in total. The topological polar surface area (TPSA) is 96.8 Å². The first kappa shape index (κ1) is 20.9. The van der Waals surface area contributed by atoms with Gasteiger partial charge in [0.15, 0.2) is 0 Å². The van der Waals surface area contributed by atoms with Gasteiger partial charge in [-0.2, -0.15) is 0 Å². The van der Waals surface area contributed by atoms with Crippen molar-refractivity contribution in [3.05, 3.63) is 21.9 Å². The molecule has 10 heteroatoms. The number of hydrogen-bond donors (Lipinski definition) is 2. The van der Waals surface area contributed by atoms with Crippen LogP contribution in [0.5, 0.6) is 11.6 Å². The molecule has 0 unspecified atom stereocenters. The van der Waals surface area contributed by atoms with Gasteiger partial charge in [0.25, 0.3) is 0 Å². The van der Waals surface area contributed by atoms with Crippen molar-refractivity contribution >= 4 is 44.5 Å². The number of benzene rings is 1. The van der Waals surface area contributed by atoms with Gasteiger partial charge in [0.2, 0.25) is 5.88 Å². The molecule has 0 spiro atoms. The van der Waals surface area contributed by atoms with E-state index in [0.29, 0.717) is 45.8 Å². The van der Waals surface area contributed by atoms with E-state index in [4.69, 9.17) is 21.1 Å². The molecule has 152 valence electrons. The molecule has 1 aromatic carbocycles. The van der Waals surface area contributed by atoms with E-state index in [1.54, 1.807) is 11.0 Å². The lowest BCUT2D eigenvalue weighted by atomic mass is 10.2. The average Bonchev–Trinajstić information content (AvgIpc) is 2.62. The highest BCUT2D eigenvalue weighted by molar-refractivity contribution is 9.10. The van der Waals surface area contributed by atoms with Crippen LogP contribution in [0, 0.1) is 0 Å². The maximum Gasteiger partial charge on any atom is 0.410 e. The molecule has 1 aromatic heterocycles. The SMILES string of the molecule is CC(C)(C)OC(=O)N1CCN[C@H](COc2cc(Br)c(Cl)c3ncnc(O)c23)C1. The summed E-state index contributed by atoms with van der Waals surface area (Å²) in [7, 11) is 0. The lowest BCUT2D eigenvalue weighted by Crippen LogP contribution is -2.55. The van der Waals surface area contributed by atoms with Crippen molar-refractivity contribution < 1.29 is 19.4 Å². The third-order valence-corrected chi connectivity index (χ3v) is 5.33. The Bertz CT molecular complexity index is 890. The Hall–Kier alpha value is -1.84. The van der Waals surface area contributed by atoms with Gasteiger partial charge in [-0.1, -0.05) is 11.6 Å². The zero-order valence-corrected chi connectivity index (χ0v) is 18.2. The molecule has 1 aliphatic heterocycles. The number of carbonyl (C=O) groups is 1. The van der Waals surface area contributed by atoms with E-state index in [0.717, 1.165) is 0 Å². The fraction of sp³-hybridized carbons (Fsp3) is 0.500. The summed E-state index contributed by atoms with van der Waals surface area (Å²) in [5.74, 6) is 0.196. The summed E-state index contributed by atoms with van der Waals surface area (Å²) >= 11 is 9.63. The van der Waals surface area contributed by atoms with Gasteiger partial charge in [0.05, 0.1) is 11.1 Å². The van der Waals surface area contributed by atoms with Gasteiger partial charge >= 0.3 is 6.09 Å². The third-order valence-electron chi connectivity index (χ3n) is 4.10. The highest BCUT2D eigenvalue weighted by Crippen LogP contribution is 2.39. The quantitative estimate of drug-likeness (QED) is 0.705. The second-order valence-electron chi connectivity index (χ2n) is 7.48. The third kappa shape index (κ3) is 4.76. The summed E-state index contributed by atoms with van der Waals surface area (Å²) in [5.41, 5.74) is -0.148. The van der Waals surface area contributed by atoms with E-state index >= 15 is 0 Å². The van der Waals surface area contributed by atoms with Gasteiger partial charge in [0, 0.05) is 24.1 Å². The van der Waals surface area contributed by atoms with Gasteiger partial charge in [-0.15, -0.1) is 0 Å². The first-order chi connectivity index (χ1) is 13.2. The number of hydrogen-bond acceptors (Lipinski definition) is 7. The molecular formula is C18H22BrClN4O4. The highest BCUT2D eigenvalue weighted by Gasteiger charge is 2.28. The predicted octanol–water partition coefficient (Wildman–Crippen LogP) is 3.34. The molecule has 1 fully saturated rings. The van der Waals surface area contributed by atoms with E-state index in [1.807, 2.05) is 20.8 Å². The summed E-state index contributed by atoms with van der Waals surface area (Å²) < 4.78 is 12.0. The number of piperazine rings is 1. The van der Waals surface area contributed by atoms with Crippen molar-refractivity contribution in [1.82, 2.24) is 20.2 Å². The highest BCUT2D eigenvalue weighted by atomic mass is 79.9. The smallest absolute Gasteiger partial charge is 0.410 e. The number of ether oxygens (including phenoxy) is 2. The van der Waals surface area contributed by atoms with Crippen LogP contribution in [0.2, 0.25) is 5.02 Å². The monoisotopic (exact) mass is 472 g/mol. The Morgan fingerprint density at radius 1 is 1.46 bits per heavy atom. The van der Waals surface area contributed by atoms with Gasteiger partial charge in [0.1, 0.15) is 35.2 Å². The maximum atomic E-state index is 12.3. The van der Waals surface area contributed by atoms with Crippen LogP contribution in [0.3, 0.4) is 0 Å². The molecule has 2 aromatic rings. The molecule has 0 bridgehead atoms. The number of aromatic nitrogens is 2. The van der Waals surface area contributed by atoms with Crippen LogP contribution in [0.1, 0.15) is 20.8 Å². The van der Waals surface area contributed by atoms with E-state index in [-0.39, 0.29) is 24.6 Å². The Labute approximate surface area is 176 Å². The summed E-state index contributed by atoms with van der Waals surface area (Å²) in [5, 5.41) is 14.2. The number of nitrogens with zero attached hydrogens (tertiary/aromatic N) is 3. The second kappa shape index (κ2) is 8.26. The van der Waals surface area contributed by atoms with E-state index in [2.05, 4.69) is 31.2 Å². The fourth-order valence-corrected chi connectivity index (χ4v) is 3.46. The minimum absolute atomic E-state index is 0.0995. The lowest BCUT2D eigenvalue weighted by Gasteiger charge is -2.34. The number of aromatic hydroxyl groups is 1. The molecule has 1 aliphatic rings. The van der Waals surface area contributed by atoms with Crippen LogP contribution in [0.4, 0.5) is 4.79 Å².